The second kappa shape index (κ2) is 13.0. The molecule has 2 N–H and O–H groups in total. The van der Waals surface area contributed by atoms with Crippen molar-refractivity contribution in [3.8, 4) is 5.75 Å². The van der Waals surface area contributed by atoms with Gasteiger partial charge in [-0.3, -0.25) is 14.2 Å². The number of ether oxygens (including phenoxy) is 1. The Morgan fingerprint density at radius 2 is 1.78 bits per heavy atom. The van der Waals surface area contributed by atoms with Gasteiger partial charge < -0.3 is 15.4 Å². The molecule has 0 spiro atoms. The lowest BCUT2D eigenvalue weighted by molar-refractivity contribution is -0.274. The van der Waals surface area contributed by atoms with Crippen LogP contribution in [0.4, 0.5) is 13.2 Å². The molecule has 10 nitrogen and oxygen atoms in total. The SMILES string of the molecule is CC(C)CCNCc1cn(CCCCn2cc(C(=O)NCc3cccc(OC(F)(F)F)c3)nn2)nn1. The molecule has 0 atom stereocenters. The highest BCUT2D eigenvalue weighted by Crippen LogP contribution is 2.23. The molecular formula is C23H31F3N8O2. The summed E-state index contributed by atoms with van der Waals surface area (Å²) in [5, 5.41) is 22.1. The number of benzene rings is 1. The fraction of sp³-hybridized carbons (Fsp3) is 0.522. The minimum Gasteiger partial charge on any atom is -0.406 e. The third-order valence-corrected chi connectivity index (χ3v) is 5.17. The molecule has 0 radical (unpaired) electrons. The number of carbonyl (C=O) groups excluding carboxylic acids is 1. The Hall–Kier alpha value is -3.48. The van der Waals surface area contributed by atoms with Crippen molar-refractivity contribution < 1.29 is 22.7 Å². The third-order valence-electron chi connectivity index (χ3n) is 5.17. The van der Waals surface area contributed by atoms with Gasteiger partial charge in [0.15, 0.2) is 5.69 Å². The first-order chi connectivity index (χ1) is 17.2. The molecule has 2 heterocycles. The van der Waals surface area contributed by atoms with Gasteiger partial charge in [-0.1, -0.05) is 36.4 Å². The van der Waals surface area contributed by atoms with Crippen molar-refractivity contribution in [2.45, 2.75) is 65.7 Å². The largest absolute Gasteiger partial charge is 0.573 e. The van der Waals surface area contributed by atoms with Gasteiger partial charge in [0.1, 0.15) is 5.75 Å². The first-order valence-electron chi connectivity index (χ1n) is 11.8. The van der Waals surface area contributed by atoms with E-state index in [1.807, 2.05) is 10.9 Å². The Kier molecular flexibility index (Phi) is 9.79. The van der Waals surface area contributed by atoms with Gasteiger partial charge in [0, 0.05) is 32.4 Å². The highest BCUT2D eigenvalue weighted by molar-refractivity contribution is 5.91. The highest BCUT2D eigenvalue weighted by atomic mass is 19.4. The molecule has 0 unspecified atom stereocenters. The molecule has 0 aliphatic heterocycles. The van der Waals surface area contributed by atoms with E-state index in [2.05, 4.69) is 49.8 Å². The molecule has 0 saturated carbocycles. The number of rotatable bonds is 14. The summed E-state index contributed by atoms with van der Waals surface area (Å²) in [6, 6.07) is 5.41. The molecule has 196 valence electrons. The smallest absolute Gasteiger partial charge is 0.406 e. The molecule has 36 heavy (non-hydrogen) atoms. The van der Waals surface area contributed by atoms with Gasteiger partial charge >= 0.3 is 6.36 Å². The average molecular weight is 509 g/mol. The van der Waals surface area contributed by atoms with E-state index in [9.17, 15) is 18.0 Å². The van der Waals surface area contributed by atoms with Crippen molar-refractivity contribution >= 4 is 5.91 Å². The van der Waals surface area contributed by atoms with Crippen molar-refractivity contribution in [3.05, 3.63) is 53.6 Å². The summed E-state index contributed by atoms with van der Waals surface area (Å²) in [6.45, 7) is 7.35. The minimum absolute atomic E-state index is 0.0217. The van der Waals surface area contributed by atoms with Gasteiger partial charge in [-0.25, -0.2) is 0 Å². The maximum Gasteiger partial charge on any atom is 0.573 e. The number of aromatic nitrogens is 6. The van der Waals surface area contributed by atoms with Crippen LogP contribution in [0, 0.1) is 5.92 Å². The summed E-state index contributed by atoms with van der Waals surface area (Å²) in [6.07, 6.45) is 1.47. The number of hydrogen-bond acceptors (Lipinski definition) is 7. The molecule has 0 aliphatic carbocycles. The zero-order valence-electron chi connectivity index (χ0n) is 20.3. The monoisotopic (exact) mass is 508 g/mol. The van der Waals surface area contributed by atoms with E-state index < -0.39 is 12.3 Å². The van der Waals surface area contributed by atoms with Crippen LogP contribution in [0.25, 0.3) is 0 Å². The van der Waals surface area contributed by atoms with E-state index in [1.165, 1.54) is 24.4 Å². The predicted octanol–water partition coefficient (Wildman–Crippen LogP) is 3.31. The summed E-state index contributed by atoms with van der Waals surface area (Å²) in [5.74, 6) is -0.155. The van der Waals surface area contributed by atoms with E-state index >= 15 is 0 Å². The molecule has 13 heteroatoms. The second-order valence-corrected chi connectivity index (χ2v) is 8.78. The van der Waals surface area contributed by atoms with Crippen LogP contribution < -0.4 is 15.4 Å². The number of unbranched alkanes of at least 4 members (excludes halogenated alkanes) is 1. The number of aryl methyl sites for hydroxylation is 2. The Morgan fingerprint density at radius 3 is 2.50 bits per heavy atom. The van der Waals surface area contributed by atoms with Crippen molar-refractivity contribution in [1.82, 2.24) is 40.6 Å². The zero-order chi connectivity index (χ0) is 26.0. The van der Waals surface area contributed by atoms with Crippen LogP contribution in [0.2, 0.25) is 0 Å². The average Bonchev–Trinajstić information content (AvgIpc) is 3.47. The Morgan fingerprint density at radius 1 is 1.06 bits per heavy atom. The lowest BCUT2D eigenvalue weighted by Crippen LogP contribution is -2.23. The Labute approximate surface area is 207 Å². The standard InChI is InChI=1S/C23H31F3N8O2/c1-17(2)8-9-27-14-19-15-33(31-29-19)10-3-4-11-34-16-21(30-32-34)22(35)28-13-18-6-5-7-20(12-18)36-23(24,25)26/h5-7,12,15-17,27H,3-4,8-11,13-14H2,1-2H3,(H,28,35). The maximum atomic E-state index is 12.4. The first-order valence-corrected chi connectivity index (χ1v) is 11.8. The summed E-state index contributed by atoms with van der Waals surface area (Å²) in [7, 11) is 0. The first kappa shape index (κ1) is 27.1. The molecule has 2 aromatic heterocycles. The second-order valence-electron chi connectivity index (χ2n) is 8.78. The molecule has 1 aromatic carbocycles. The highest BCUT2D eigenvalue weighted by Gasteiger charge is 2.31. The van der Waals surface area contributed by atoms with Gasteiger partial charge in [-0.05, 0) is 49.4 Å². The van der Waals surface area contributed by atoms with E-state index in [0.717, 1.165) is 38.0 Å². The number of nitrogens with zero attached hydrogens (tertiary/aromatic N) is 6. The van der Waals surface area contributed by atoms with Crippen LogP contribution in [0.5, 0.6) is 5.75 Å². The number of carbonyl (C=O) groups is 1. The number of alkyl halides is 3. The van der Waals surface area contributed by atoms with Gasteiger partial charge in [-0.15, -0.1) is 23.4 Å². The summed E-state index contributed by atoms with van der Waals surface area (Å²) in [5.41, 5.74) is 1.49. The third kappa shape index (κ3) is 9.64. The zero-order valence-corrected chi connectivity index (χ0v) is 20.3. The van der Waals surface area contributed by atoms with E-state index in [4.69, 9.17) is 0 Å². The molecule has 1 amide bonds. The lowest BCUT2D eigenvalue weighted by atomic mass is 10.1. The molecular weight excluding hydrogens is 477 g/mol. The Bertz CT molecular complexity index is 1100. The van der Waals surface area contributed by atoms with Gasteiger partial charge in [0.25, 0.3) is 5.91 Å². The summed E-state index contributed by atoms with van der Waals surface area (Å²) < 4.78 is 44.4. The Balaban J connectivity index is 1.36. The topological polar surface area (TPSA) is 112 Å². The van der Waals surface area contributed by atoms with Crippen LogP contribution in [-0.2, 0) is 26.2 Å². The molecule has 0 fully saturated rings. The molecule has 3 rings (SSSR count). The van der Waals surface area contributed by atoms with Crippen LogP contribution in [0.1, 0.15) is 54.9 Å². The van der Waals surface area contributed by atoms with E-state index in [1.54, 1.807) is 10.7 Å². The number of halogens is 3. The van der Waals surface area contributed by atoms with E-state index in [0.29, 0.717) is 24.6 Å². The molecule has 0 saturated heterocycles. The number of amides is 1. The minimum atomic E-state index is -4.77. The van der Waals surface area contributed by atoms with Crippen molar-refractivity contribution in [3.63, 3.8) is 0 Å². The fourth-order valence-corrected chi connectivity index (χ4v) is 3.32. The van der Waals surface area contributed by atoms with Gasteiger partial charge in [-0.2, -0.15) is 0 Å². The predicted molar refractivity (Wildman–Crippen MR) is 125 cm³/mol. The van der Waals surface area contributed by atoms with Crippen molar-refractivity contribution in [2.24, 2.45) is 5.92 Å². The summed E-state index contributed by atoms with van der Waals surface area (Å²) in [4.78, 5) is 12.3. The normalized spacial score (nSPS) is 11.7. The number of nitrogens with one attached hydrogen (secondary N) is 2. The molecule has 0 aliphatic rings. The van der Waals surface area contributed by atoms with Crippen molar-refractivity contribution in [1.29, 1.82) is 0 Å². The molecule has 3 aromatic rings. The molecule has 0 bridgehead atoms. The van der Waals surface area contributed by atoms with Crippen molar-refractivity contribution in [2.75, 3.05) is 6.54 Å². The van der Waals surface area contributed by atoms with Gasteiger partial charge in [0.2, 0.25) is 0 Å². The summed E-state index contributed by atoms with van der Waals surface area (Å²) >= 11 is 0. The van der Waals surface area contributed by atoms with Gasteiger partial charge in [0.05, 0.1) is 11.9 Å². The van der Waals surface area contributed by atoms with E-state index in [-0.39, 0.29) is 18.0 Å². The fourth-order valence-electron chi connectivity index (χ4n) is 3.32. The van der Waals surface area contributed by atoms with Crippen LogP contribution in [-0.4, -0.2) is 48.8 Å². The lowest BCUT2D eigenvalue weighted by Gasteiger charge is -2.10. The number of hydrogen-bond donors (Lipinski definition) is 2. The maximum absolute atomic E-state index is 12.4. The quantitative estimate of drug-likeness (QED) is 0.321. The van der Waals surface area contributed by atoms with Crippen LogP contribution in [0.15, 0.2) is 36.7 Å². The van der Waals surface area contributed by atoms with Crippen LogP contribution >= 0.6 is 0 Å². The van der Waals surface area contributed by atoms with Crippen LogP contribution in [0.3, 0.4) is 0 Å².